The monoisotopic (exact) mass is 372 g/mol. The van der Waals surface area contributed by atoms with Gasteiger partial charge in [-0.3, -0.25) is 9.59 Å². The van der Waals surface area contributed by atoms with E-state index in [1.807, 2.05) is 24.0 Å². The lowest BCUT2D eigenvalue weighted by Crippen LogP contribution is -2.46. The van der Waals surface area contributed by atoms with Crippen molar-refractivity contribution in [2.75, 3.05) is 0 Å². The summed E-state index contributed by atoms with van der Waals surface area (Å²) in [5.74, 6) is 0.369. The summed E-state index contributed by atoms with van der Waals surface area (Å²) in [6.45, 7) is 6.64. The first-order valence-corrected chi connectivity index (χ1v) is 8.81. The topological polar surface area (TPSA) is 49.4 Å². The van der Waals surface area contributed by atoms with Gasteiger partial charge in [0.1, 0.15) is 6.04 Å². The predicted octanol–water partition coefficient (Wildman–Crippen LogP) is 3.16. The Morgan fingerprint density at radius 1 is 1.43 bits per heavy atom. The van der Waals surface area contributed by atoms with Crippen LogP contribution < -0.4 is 5.32 Å². The van der Waals surface area contributed by atoms with Gasteiger partial charge in [0.25, 0.3) is 0 Å². The third kappa shape index (κ3) is 4.30. The zero-order chi connectivity index (χ0) is 15.6. The highest BCUT2D eigenvalue weighted by atomic mass is 79.9. The van der Waals surface area contributed by atoms with Crippen LogP contribution in [0.2, 0.25) is 0 Å². The van der Waals surface area contributed by atoms with E-state index < -0.39 is 6.04 Å². The molecule has 1 N–H and O–H groups in total. The highest BCUT2D eigenvalue weighted by molar-refractivity contribution is 9.11. The van der Waals surface area contributed by atoms with E-state index in [1.54, 1.807) is 11.3 Å². The standard InChI is InChI=1S/C15H21BrN2O2S/c1-9(2)6-12-15(20)18(10(3)7-14(19)17-12)8-11-4-5-13(16)21-11/h4-5,9-10,12H,6-8H2,1-3H3,(H,17,19). The van der Waals surface area contributed by atoms with Crippen molar-refractivity contribution in [2.45, 2.75) is 52.2 Å². The van der Waals surface area contributed by atoms with Gasteiger partial charge in [0.05, 0.1) is 10.3 Å². The van der Waals surface area contributed by atoms with E-state index in [0.717, 1.165) is 8.66 Å². The Labute approximate surface area is 138 Å². The maximum absolute atomic E-state index is 12.8. The fourth-order valence-electron chi connectivity index (χ4n) is 2.58. The third-order valence-electron chi connectivity index (χ3n) is 3.59. The third-order valence-corrected chi connectivity index (χ3v) is 5.20. The van der Waals surface area contributed by atoms with E-state index in [4.69, 9.17) is 0 Å². The Kier molecular flexibility index (Phi) is 5.43. The van der Waals surface area contributed by atoms with Crippen LogP contribution in [0.5, 0.6) is 0 Å². The van der Waals surface area contributed by atoms with Crippen molar-refractivity contribution in [3.05, 3.63) is 20.8 Å². The molecule has 1 aromatic heterocycles. The van der Waals surface area contributed by atoms with Gasteiger partial charge in [-0.25, -0.2) is 0 Å². The van der Waals surface area contributed by atoms with Crippen LogP contribution in [0.25, 0.3) is 0 Å². The van der Waals surface area contributed by atoms with E-state index in [0.29, 0.717) is 25.3 Å². The van der Waals surface area contributed by atoms with E-state index >= 15 is 0 Å². The molecular weight excluding hydrogens is 352 g/mol. The van der Waals surface area contributed by atoms with Crippen molar-refractivity contribution in [2.24, 2.45) is 5.92 Å². The summed E-state index contributed by atoms with van der Waals surface area (Å²) in [4.78, 5) is 27.7. The molecule has 0 radical (unpaired) electrons. The molecule has 21 heavy (non-hydrogen) atoms. The molecule has 2 amide bonds. The Morgan fingerprint density at radius 3 is 2.71 bits per heavy atom. The number of hydrogen-bond acceptors (Lipinski definition) is 3. The predicted molar refractivity (Wildman–Crippen MR) is 88.0 cm³/mol. The molecular formula is C15H21BrN2O2S. The summed E-state index contributed by atoms with van der Waals surface area (Å²) in [5.41, 5.74) is 0. The number of thiophene rings is 1. The van der Waals surface area contributed by atoms with Gasteiger partial charge in [-0.15, -0.1) is 11.3 Å². The normalized spacial score (nSPS) is 23.4. The summed E-state index contributed by atoms with van der Waals surface area (Å²) in [5, 5.41) is 2.88. The van der Waals surface area contributed by atoms with Crippen LogP contribution >= 0.6 is 27.3 Å². The number of rotatable bonds is 4. The average molecular weight is 373 g/mol. The van der Waals surface area contributed by atoms with Gasteiger partial charge in [0.2, 0.25) is 11.8 Å². The maximum Gasteiger partial charge on any atom is 0.245 e. The van der Waals surface area contributed by atoms with Gasteiger partial charge < -0.3 is 10.2 Å². The minimum Gasteiger partial charge on any atom is -0.344 e. The zero-order valence-electron chi connectivity index (χ0n) is 12.6. The van der Waals surface area contributed by atoms with Crippen molar-refractivity contribution >= 4 is 39.1 Å². The molecule has 0 saturated carbocycles. The van der Waals surface area contributed by atoms with Crippen LogP contribution in [-0.2, 0) is 16.1 Å². The lowest BCUT2D eigenvalue weighted by atomic mass is 10.0. The summed E-state index contributed by atoms with van der Waals surface area (Å²) in [6, 6.07) is 3.54. The van der Waals surface area contributed by atoms with Crippen LogP contribution in [0.1, 0.15) is 38.5 Å². The lowest BCUT2D eigenvalue weighted by Gasteiger charge is -2.28. The molecule has 0 spiro atoms. The molecule has 2 unspecified atom stereocenters. The van der Waals surface area contributed by atoms with Crippen LogP contribution in [0, 0.1) is 5.92 Å². The van der Waals surface area contributed by atoms with Gasteiger partial charge in [-0.05, 0) is 47.3 Å². The van der Waals surface area contributed by atoms with Crippen molar-refractivity contribution < 1.29 is 9.59 Å². The summed E-state index contributed by atoms with van der Waals surface area (Å²) in [6.07, 6.45) is 1.05. The van der Waals surface area contributed by atoms with Gasteiger partial charge in [0, 0.05) is 17.3 Å². The molecule has 1 aromatic rings. The Bertz CT molecular complexity index is 529. The van der Waals surface area contributed by atoms with Crippen LogP contribution in [0.15, 0.2) is 15.9 Å². The number of carbonyl (C=O) groups excluding carboxylic acids is 2. The molecule has 6 heteroatoms. The minimum absolute atomic E-state index is 0.0311. The van der Waals surface area contributed by atoms with E-state index in [9.17, 15) is 9.59 Å². The van der Waals surface area contributed by atoms with Gasteiger partial charge in [-0.2, -0.15) is 0 Å². The van der Waals surface area contributed by atoms with Gasteiger partial charge >= 0.3 is 0 Å². The smallest absolute Gasteiger partial charge is 0.245 e. The molecule has 1 aliphatic heterocycles. The highest BCUT2D eigenvalue weighted by Gasteiger charge is 2.34. The molecule has 1 fully saturated rings. The number of hydrogen-bond donors (Lipinski definition) is 1. The van der Waals surface area contributed by atoms with Crippen molar-refractivity contribution in [1.29, 1.82) is 0 Å². The van der Waals surface area contributed by atoms with Gasteiger partial charge in [0.15, 0.2) is 0 Å². The number of nitrogens with one attached hydrogen (secondary N) is 1. The Hall–Kier alpha value is -0.880. The Morgan fingerprint density at radius 2 is 2.14 bits per heavy atom. The lowest BCUT2D eigenvalue weighted by molar-refractivity contribution is -0.135. The number of amides is 2. The minimum atomic E-state index is -0.397. The molecule has 1 aliphatic rings. The van der Waals surface area contributed by atoms with Crippen LogP contribution in [-0.4, -0.2) is 28.8 Å². The fourth-order valence-corrected chi connectivity index (χ4v) is 4.06. The van der Waals surface area contributed by atoms with E-state index in [-0.39, 0.29) is 17.9 Å². The first kappa shape index (κ1) is 16.5. The van der Waals surface area contributed by atoms with Crippen LogP contribution in [0.3, 0.4) is 0 Å². The second-order valence-corrected chi connectivity index (χ2v) is 8.52. The molecule has 2 atom stereocenters. The quantitative estimate of drug-likeness (QED) is 0.882. The summed E-state index contributed by atoms with van der Waals surface area (Å²) < 4.78 is 1.06. The second-order valence-electron chi connectivity index (χ2n) is 5.97. The first-order valence-electron chi connectivity index (χ1n) is 7.21. The summed E-state index contributed by atoms with van der Waals surface area (Å²) >= 11 is 5.07. The molecule has 2 rings (SSSR count). The molecule has 0 bridgehead atoms. The fraction of sp³-hybridized carbons (Fsp3) is 0.600. The molecule has 0 aromatic carbocycles. The van der Waals surface area contributed by atoms with Crippen molar-refractivity contribution in [1.82, 2.24) is 10.2 Å². The molecule has 4 nitrogen and oxygen atoms in total. The number of halogens is 1. The van der Waals surface area contributed by atoms with Crippen molar-refractivity contribution in [3.8, 4) is 0 Å². The van der Waals surface area contributed by atoms with Gasteiger partial charge in [-0.1, -0.05) is 13.8 Å². The largest absolute Gasteiger partial charge is 0.344 e. The number of nitrogens with zero attached hydrogens (tertiary/aromatic N) is 1. The van der Waals surface area contributed by atoms with E-state index in [2.05, 4.69) is 35.1 Å². The van der Waals surface area contributed by atoms with E-state index in [1.165, 1.54) is 0 Å². The molecule has 1 saturated heterocycles. The molecule has 2 heterocycles. The first-order chi connectivity index (χ1) is 9.86. The average Bonchev–Trinajstić information content (AvgIpc) is 2.75. The van der Waals surface area contributed by atoms with Crippen LogP contribution in [0.4, 0.5) is 0 Å². The Balaban J connectivity index is 2.19. The highest BCUT2D eigenvalue weighted by Crippen LogP contribution is 2.25. The summed E-state index contributed by atoms with van der Waals surface area (Å²) in [7, 11) is 0. The second kappa shape index (κ2) is 6.92. The SMILES string of the molecule is CC(C)CC1NC(=O)CC(C)N(Cc2ccc(Br)s2)C1=O. The molecule has 0 aliphatic carbocycles. The zero-order valence-corrected chi connectivity index (χ0v) is 15.0. The maximum atomic E-state index is 12.8. The number of carbonyl (C=O) groups is 2. The molecule has 116 valence electrons. The van der Waals surface area contributed by atoms with Crippen molar-refractivity contribution in [3.63, 3.8) is 0 Å².